The maximum absolute atomic E-state index is 11.6. The molecule has 2 N–H and O–H groups in total. The van der Waals surface area contributed by atoms with Gasteiger partial charge in [-0.2, -0.15) is 0 Å². The monoisotopic (exact) mass is 594 g/mol. The van der Waals surface area contributed by atoms with Crippen LogP contribution < -0.4 is 0 Å². The lowest BCUT2D eigenvalue weighted by molar-refractivity contribution is -0.139. The maximum atomic E-state index is 11.6. The molecule has 5 atom stereocenters. The standard InChI is InChI=1S/C36H66O6/c1-3-4-5-6-7-13-16-19-23-32(37)28-40-34-25-21-26-35(34)41-29-33(38)24-20-17-14-11-9-8-10-12-15-18-22-31-27-30(2)42-36(31)39/h27,30,32-35,37-38H,3-26,28-29H2,1-2H3/t30-,32+,33+,34+,35-/m0/s1. The van der Waals surface area contributed by atoms with Crippen LogP contribution in [0.3, 0.4) is 0 Å². The Morgan fingerprint density at radius 2 is 1.14 bits per heavy atom. The van der Waals surface area contributed by atoms with E-state index in [0.717, 1.165) is 63.4 Å². The lowest BCUT2D eigenvalue weighted by Gasteiger charge is -2.23. The zero-order chi connectivity index (χ0) is 30.3. The first-order valence-electron chi connectivity index (χ1n) is 18.0. The lowest BCUT2D eigenvalue weighted by atomic mass is 10.0. The molecular formula is C36H66O6. The zero-order valence-electron chi connectivity index (χ0n) is 27.4. The van der Waals surface area contributed by atoms with Gasteiger partial charge in [0.1, 0.15) is 6.10 Å². The molecule has 0 aromatic carbocycles. The highest BCUT2D eigenvalue weighted by molar-refractivity contribution is 5.90. The molecule has 246 valence electrons. The quantitative estimate of drug-likeness (QED) is 0.0696. The summed E-state index contributed by atoms with van der Waals surface area (Å²) >= 11 is 0. The van der Waals surface area contributed by atoms with Gasteiger partial charge in [0, 0.05) is 5.57 Å². The molecular weight excluding hydrogens is 528 g/mol. The normalized spacial score (nSPS) is 22.0. The fraction of sp³-hybridized carbons (Fsp3) is 0.917. The van der Waals surface area contributed by atoms with Crippen molar-refractivity contribution in [2.24, 2.45) is 0 Å². The minimum absolute atomic E-state index is 0.0470. The predicted molar refractivity (Wildman–Crippen MR) is 172 cm³/mol. The van der Waals surface area contributed by atoms with E-state index in [1.165, 1.54) is 96.3 Å². The van der Waals surface area contributed by atoms with Crippen LogP contribution in [0.1, 0.15) is 168 Å². The Morgan fingerprint density at radius 3 is 1.57 bits per heavy atom. The molecule has 2 aliphatic rings. The largest absolute Gasteiger partial charge is 0.455 e. The maximum Gasteiger partial charge on any atom is 0.334 e. The van der Waals surface area contributed by atoms with E-state index in [1.54, 1.807) is 0 Å². The zero-order valence-corrected chi connectivity index (χ0v) is 27.4. The van der Waals surface area contributed by atoms with E-state index < -0.39 is 6.10 Å². The van der Waals surface area contributed by atoms with Gasteiger partial charge in [0.15, 0.2) is 0 Å². The van der Waals surface area contributed by atoms with Crippen molar-refractivity contribution < 1.29 is 29.2 Å². The van der Waals surface area contributed by atoms with E-state index in [0.29, 0.717) is 13.2 Å². The summed E-state index contributed by atoms with van der Waals surface area (Å²) in [6, 6.07) is 0. The second kappa shape index (κ2) is 24.4. The van der Waals surface area contributed by atoms with E-state index in [-0.39, 0.29) is 30.4 Å². The Morgan fingerprint density at radius 1 is 0.714 bits per heavy atom. The summed E-state index contributed by atoms with van der Waals surface area (Å²) in [5.41, 5.74) is 0.867. The number of unbranched alkanes of at least 4 members (excludes halogenated alkanes) is 16. The van der Waals surface area contributed by atoms with Crippen molar-refractivity contribution in [3.05, 3.63) is 11.6 Å². The van der Waals surface area contributed by atoms with Crippen LogP contribution in [0.2, 0.25) is 0 Å². The first-order chi connectivity index (χ1) is 20.5. The van der Waals surface area contributed by atoms with Gasteiger partial charge in [-0.25, -0.2) is 4.79 Å². The second-order valence-corrected chi connectivity index (χ2v) is 13.1. The number of aliphatic hydroxyl groups is 2. The third kappa shape index (κ3) is 18.0. The van der Waals surface area contributed by atoms with Crippen LogP contribution in [-0.4, -0.2) is 59.9 Å². The third-order valence-electron chi connectivity index (χ3n) is 9.01. The van der Waals surface area contributed by atoms with Crippen molar-refractivity contribution >= 4 is 5.97 Å². The highest BCUT2D eigenvalue weighted by Gasteiger charge is 2.30. The van der Waals surface area contributed by atoms with Crippen LogP contribution in [0.4, 0.5) is 0 Å². The van der Waals surface area contributed by atoms with Crippen LogP contribution in [-0.2, 0) is 19.0 Å². The highest BCUT2D eigenvalue weighted by atomic mass is 16.6. The SMILES string of the molecule is CCCCCCCCCC[C@@H](O)CO[C@@H]1CCC[C@@H]1OC[C@H](O)CCCCCCCCCCCCC1=C[C@H](C)OC1=O. The molecule has 1 aliphatic carbocycles. The minimum atomic E-state index is -0.399. The second-order valence-electron chi connectivity index (χ2n) is 13.1. The number of esters is 1. The van der Waals surface area contributed by atoms with Crippen LogP contribution in [0, 0.1) is 0 Å². The molecule has 0 aromatic rings. The van der Waals surface area contributed by atoms with Crippen LogP contribution >= 0.6 is 0 Å². The first kappa shape index (κ1) is 37.2. The van der Waals surface area contributed by atoms with Crippen LogP contribution in [0.25, 0.3) is 0 Å². The molecule has 0 amide bonds. The fourth-order valence-corrected chi connectivity index (χ4v) is 6.35. The number of rotatable bonds is 28. The lowest BCUT2D eigenvalue weighted by Crippen LogP contribution is -2.32. The summed E-state index contributed by atoms with van der Waals surface area (Å²) in [5, 5.41) is 20.8. The summed E-state index contributed by atoms with van der Waals surface area (Å²) in [6.45, 7) is 4.96. The molecule has 2 rings (SSSR count). The van der Waals surface area contributed by atoms with E-state index in [9.17, 15) is 15.0 Å². The van der Waals surface area contributed by atoms with E-state index in [2.05, 4.69) is 6.92 Å². The molecule has 1 saturated carbocycles. The molecule has 1 aliphatic heterocycles. The Labute approximate surface area is 258 Å². The molecule has 0 spiro atoms. The van der Waals surface area contributed by atoms with E-state index in [1.807, 2.05) is 13.0 Å². The van der Waals surface area contributed by atoms with Gasteiger partial charge >= 0.3 is 5.97 Å². The molecule has 6 nitrogen and oxygen atoms in total. The van der Waals surface area contributed by atoms with Crippen molar-refractivity contribution in [3.8, 4) is 0 Å². The fourth-order valence-electron chi connectivity index (χ4n) is 6.35. The molecule has 42 heavy (non-hydrogen) atoms. The Hall–Kier alpha value is -0.950. The summed E-state index contributed by atoms with van der Waals surface area (Å²) < 4.78 is 17.3. The van der Waals surface area contributed by atoms with Gasteiger partial charge in [-0.3, -0.25) is 0 Å². The van der Waals surface area contributed by atoms with Gasteiger partial charge in [-0.05, 0) is 57.9 Å². The first-order valence-corrected chi connectivity index (χ1v) is 18.0. The van der Waals surface area contributed by atoms with Crippen LogP contribution in [0.5, 0.6) is 0 Å². The van der Waals surface area contributed by atoms with Crippen molar-refractivity contribution in [1.29, 1.82) is 0 Å². The number of carbonyl (C=O) groups is 1. The summed E-state index contributed by atoms with van der Waals surface area (Å²) in [6.07, 6.45) is 29.1. The van der Waals surface area contributed by atoms with Crippen LogP contribution in [0.15, 0.2) is 11.6 Å². The number of carbonyl (C=O) groups excluding carboxylic acids is 1. The molecule has 0 saturated heterocycles. The van der Waals surface area contributed by atoms with Crippen molar-refractivity contribution in [2.45, 2.75) is 198 Å². The third-order valence-corrected chi connectivity index (χ3v) is 9.01. The van der Waals surface area contributed by atoms with E-state index >= 15 is 0 Å². The molecule has 0 bridgehead atoms. The van der Waals surface area contributed by atoms with E-state index in [4.69, 9.17) is 14.2 Å². The van der Waals surface area contributed by atoms with Crippen molar-refractivity contribution in [1.82, 2.24) is 0 Å². The summed E-state index contributed by atoms with van der Waals surface area (Å²) in [4.78, 5) is 11.6. The van der Waals surface area contributed by atoms with Gasteiger partial charge in [0.2, 0.25) is 0 Å². The molecule has 1 heterocycles. The number of aliphatic hydroxyl groups excluding tert-OH is 2. The topological polar surface area (TPSA) is 85.2 Å². The average molecular weight is 595 g/mol. The molecule has 6 heteroatoms. The van der Waals surface area contributed by atoms with Crippen molar-refractivity contribution in [2.75, 3.05) is 13.2 Å². The highest BCUT2D eigenvalue weighted by Crippen LogP contribution is 2.26. The van der Waals surface area contributed by atoms with Gasteiger partial charge in [-0.15, -0.1) is 0 Å². The van der Waals surface area contributed by atoms with Gasteiger partial charge in [0.25, 0.3) is 0 Å². The Bertz CT molecular complexity index is 694. The summed E-state index contributed by atoms with van der Waals surface area (Å²) in [5.74, 6) is -0.119. The minimum Gasteiger partial charge on any atom is -0.455 e. The number of cyclic esters (lactones) is 1. The average Bonchev–Trinajstić information content (AvgIpc) is 3.56. The molecule has 0 radical (unpaired) electrons. The number of hydrogen-bond donors (Lipinski definition) is 2. The summed E-state index contributed by atoms with van der Waals surface area (Å²) in [7, 11) is 0. The number of hydrogen-bond acceptors (Lipinski definition) is 6. The predicted octanol–water partition coefficient (Wildman–Crippen LogP) is 8.75. The molecule has 0 unspecified atom stereocenters. The number of ether oxygens (including phenoxy) is 3. The Balaban J connectivity index is 1.36. The van der Waals surface area contributed by atoms with Gasteiger partial charge in [-0.1, -0.05) is 116 Å². The Kier molecular flexibility index (Phi) is 21.6. The molecule has 1 fully saturated rings. The molecule has 0 aromatic heterocycles. The van der Waals surface area contributed by atoms with Crippen molar-refractivity contribution in [3.63, 3.8) is 0 Å². The van der Waals surface area contributed by atoms with Gasteiger partial charge in [0.05, 0.1) is 37.6 Å². The smallest absolute Gasteiger partial charge is 0.334 e. The van der Waals surface area contributed by atoms with Gasteiger partial charge < -0.3 is 24.4 Å².